The minimum Gasteiger partial charge on any atom is -0.370 e. The van der Waals surface area contributed by atoms with E-state index in [0.29, 0.717) is 12.5 Å². The van der Waals surface area contributed by atoms with E-state index in [1.807, 2.05) is 0 Å². The largest absolute Gasteiger partial charge is 0.370 e. The van der Waals surface area contributed by atoms with Crippen LogP contribution in [0, 0.1) is 11.3 Å². The minimum atomic E-state index is 0.295. The van der Waals surface area contributed by atoms with E-state index in [4.69, 9.17) is 5.26 Å². The Hall–Kier alpha value is -1.53. The van der Waals surface area contributed by atoms with Crippen LogP contribution in [-0.2, 0) is 6.42 Å². The molecule has 3 nitrogen and oxygen atoms in total. The van der Waals surface area contributed by atoms with Gasteiger partial charge in [0.2, 0.25) is 0 Å². The molecule has 96 valence electrons. The van der Waals surface area contributed by atoms with Crippen LogP contribution in [0.3, 0.4) is 0 Å². The first kappa shape index (κ1) is 12.9. The van der Waals surface area contributed by atoms with Gasteiger partial charge in [0.15, 0.2) is 0 Å². The first-order valence-corrected chi connectivity index (χ1v) is 6.77. The van der Waals surface area contributed by atoms with Gasteiger partial charge in [-0.3, -0.25) is 0 Å². The summed E-state index contributed by atoms with van der Waals surface area (Å²) in [6, 6.07) is 11.4. The van der Waals surface area contributed by atoms with Gasteiger partial charge in [-0.15, -0.1) is 0 Å². The Morgan fingerprint density at radius 1 is 1.39 bits per heavy atom. The molecular weight excluding hydrogens is 222 g/mol. The molecule has 0 saturated carbocycles. The van der Waals surface area contributed by atoms with Gasteiger partial charge < -0.3 is 10.2 Å². The van der Waals surface area contributed by atoms with Crippen LogP contribution < -0.4 is 10.2 Å². The molecule has 1 aliphatic rings. The lowest BCUT2D eigenvalue weighted by Crippen LogP contribution is -2.37. The van der Waals surface area contributed by atoms with Crippen LogP contribution in [0.1, 0.15) is 25.3 Å². The lowest BCUT2D eigenvalue weighted by Gasteiger charge is -2.25. The molecule has 1 aromatic carbocycles. The van der Waals surface area contributed by atoms with Gasteiger partial charge in [-0.25, -0.2) is 0 Å². The van der Waals surface area contributed by atoms with Crippen LogP contribution in [0.2, 0.25) is 0 Å². The van der Waals surface area contributed by atoms with Gasteiger partial charge in [0.25, 0.3) is 0 Å². The van der Waals surface area contributed by atoms with Gasteiger partial charge in [0.05, 0.1) is 12.5 Å². The molecule has 3 heteroatoms. The highest BCUT2D eigenvalue weighted by molar-refractivity contribution is 5.48. The predicted molar refractivity (Wildman–Crippen MR) is 74.7 cm³/mol. The zero-order valence-electron chi connectivity index (χ0n) is 11.0. The summed E-state index contributed by atoms with van der Waals surface area (Å²) in [7, 11) is 0. The molecule has 0 amide bonds. The van der Waals surface area contributed by atoms with Crippen molar-refractivity contribution in [3.8, 4) is 6.07 Å². The number of aryl methyl sites for hydroxylation is 1. The maximum absolute atomic E-state index is 8.83. The van der Waals surface area contributed by atoms with Crippen LogP contribution in [-0.4, -0.2) is 25.7 Å². The van der Waals surface area contributed by atoms with E-state index in [0.717, 1.165) is 32.5 Å². The van der Waals surface area contributed by atoms with Crippen molar-refractivity contribution >= 4 is 5.69 Å². The van der Waals surface area contributed by atoms with Gasteiger partial charge in [0, 0.05) is 24.8 Å². The third-order valence-electron chi connectivity index (χ3n) is 3.53. The third-order valence-corrected chi connectivity index (χ3v) is 3.53. The normalized spacial score (nSPS) is 20.2. The molecular formula is C15H21N3. The smallest absolute Gasteiger partial charge is 0.0638 e. The molecule has 1 unspecified atom stereocenters. The Labute approximate surface area is 109 Å². The fraction of sp³-hybridized carbons (Fsp3) is 0.533. The number of hydrogen-bond donors (Lipinski definition) is 1. The first-order valence-electron chi connectivity index (χ1n) is 6.77. The Balaban J connectivity index is 2.07. The van der Waals surface area contributed by atoms with Crippen molar-refractivity contribution in [2.24, 2.45) is 0 Å². The van der Waals surface area contributed by atoms with Crippen LogP contribution in [0.15, 0.2) is 24.3 Å². The quantitative estimate of drug-likeness (QED) is 0.885. The number of nitriles is 1. The van der Waals surface area contributed by atoms with E-state index in [1.54, 1.807) is 0 Å². The molecule has 1 aliphatic heterocycles. The van der Waals surface area contributed by atoms with Gasteiger partial charge in [-0.1, -0.05) is 19.1 Å². The van der Waals surface area contributed by atoms with Crippen molar-refractivity contribution in [2.45, 2.75) is 32.2 Å². The van der Waals surface area contributed by atoms with Gasteiger partial charge in [-0.2, -0.15) is 5.26 Å². The SMILES string of the molecule is CCc1ccc(N2CCCNC(CC#N)C2)cc1. The molecule has 2 rings (SSSR count). The van der Waals surface area contributed by atoms with E-state index in [-0.39, 0.29) is 0 Å². The van der Waals surface area contributed by atoms with E-state index in [2.05, 4.69) is 47.5 Å². The lowest BCUT2D eigenvalue weighted by atomic mass is 10.1. The number of hydrogen-bond acceptors (Lipinski definition) is 3. The van der Waals surface area contributed by atoms with Gasteiger partial charge in [-0.05, 0) is 37.1 Å². The van der Waals surface area contributed by atoms with Crippen molar-refractivity contribution in [1.82, 2.24) is 5.32 Å². The molecule has 1 fully saturated rings. The van der Waals surface area contributed by atoms with E-state index >= 15 is 0 Å². The summed E-state index contributed by atoms with van der Waals surface area (Å²) in [6.07, 6.45) is 2.81. The highest BCUT2D eigenvalue weighted by Crippen LogP contribution is 2.18. The molecule has 1 saturated heterocycles. The topological polar surface area (TPSA) is 39.1 Å². The van der Waals surface area contributed by atoms with Crippen LogP contribution in [0.25, 0.3) is 0 Å². The van der Waals surface area contributed by atoms with Gasteiger partial charge >= 0.3 is 0 Å². The Morgan fingerprint density at radius 3 is 2.83 bits per heavy atom. The van der Waals surface area contributed by atoms with E-state index < -0.39 is 0 Å². The molecule has 18 heavy (non-hydrogen) atoms. The summed E-state index contributed by atoms with van der Waals surface area (Å²) in [5, 5.41) is 12.3. The second kappa shape index (κ2) is 6.42. The summed E-state index contributed by atoms with van der Waals surface area (Å²) in [4.78, 5) is 2.39. The zero-order valence-corrected chi connectivity index (χ0v) is 11.0. The molecule has 0 bridgehead atoms. The van der Waals surface area contributed by atoms with Crippen molar-refractivity contribution < 1.29 is 0 Å². The highest BCUT2D eigenvalue weighted by Gasteiger charge is 2.17. The van der Waals surface area contributed by atoms with Crippen molar-refractivity contribution in [3.63, 3.8) is 0 Å². The average Bonchev–Trinajstić information content (AvgIpc) is 2.65. The maximum atomic E-state index is 8.83. The molecule has 0 aromatic heterocycles. The Morgan fingerprint density at radius 2 is 2.17 bits per heavy atom. The monoisotopic (exact) mass is 243 g/mol. The second-order valence-corrected chi connectivity index (χ2v) is 4.83. The summed E-state index contributed by atoms with van der Waals surface area (Å²) in [5.41, 5.74) is 2.65. The van der Waals surface area contributed by atoms with Crippen LogP contribution in [0.4, 0.5) is 5.69 Å². The number of rotatable bonds is 3. The zero-order chi connectivity index (χ0) is 12.8. The molecule has 0 radical (unpaired) electrons. The van der Waals surface area contributed by atoms with Crippen molar-refractivity contribution in [3.05, 3.63) is 29.8 Å². The molecule has 0 spiro atoms. The highest BCUT2D eigenvalue weighted by atomic mass is 15.2. The molecule has 1 heterocycles. The Kier molecular flexibility index (Phi) is 4.60. The fourth-order valence-corrected chi connectivity index (χ4v) is 2.42. The number of benzene rings is 1. The van der Waals surface area contributed by atoms with Crippen molar-refractivity contribution in [2.75, 3.05) is 24.5 Å². The number of anilines is 1. The summed E-state index contributed by atoms with van der Waals surface area (Å²) in [5.74, 6) is 0. The summed E-state index contributed by atoms with van der Waals surface area (Å²) in [6.45, 7) is 5.18. The first-order chi connectivity index (χ1) is 8.83. The minimum absolute atomic E-state index is 0.295. The fourth-order valence-electron chi connectivity index (χ4n) is 2.42. The third kappa shape index (κ3) is 3.24. The second-order valence-electron chi connectivity index (χ2n) is 4.83. The lowest BCUT2D eigenvalue weighted by molar-refractivity contribution is 0.552. The molecule has 1 N–H and O–H groups in total. The summed E-state index contributed by atoms with van der Waals surface area (Å²) < 4.78 is 0. The number of nitrogens with one attached hydrogen (secondary N) is 1. The van der Waals surface area contributed by atoms with E-state index in [9.17, 15) is 0 Å². The van der Waals surface area contributed by atoms with Crippen LogP contribution >= 0.6 is 0 Å². The van der Waals surface area contributed by atoms with Crippen LogP contribution in [0.5, 0.6) is 0 Å². The van der Waals surface area contributed by atoms with E-state index in [1.165, 1.54) is 11.3 Å². The Bertz CT molecular complexity index is 405. The van der Waals surface area contributed by atoms with Crippen molar-refractivity contribution in [1.29, 1.82) is 5.26 Å². The molecule has 0 aliphatic carbocycles. The number of nitrogens with zero attached hydrogens (tertiary/aromatic N) is 2. The maximum Gasteiger partial charge on any atom is 0.0638 e. The molecule has 1 aromatic rings. The molecule has 1 atom stereocenters. The van der Waals surface area contributed by atoms with Gasteiger partial charge in [0.1, 0.15) is 0 Å². The summed E-state index contributed by atoms with van der Waals surface area (Å²) >= 11 is 0. The predicted octanol–water partition coefficient (Wildman–Crippen LogP) is 2.33. The standard InChI is InChI=1S/C15H21N3/c1-2-13-4-6-15(7-5-13)18-11-3-10-17-14(12-18)8-9-16/h4-7,14,17H,2-3,8,10-12H2,1H3. The average molecular weight is 243 g/mol.